The van der Waals surface area contributed by atoms with Gasteiger partial charge in [0.1, 0.15) is 0 Å². The molecule has 1 saturated carbocycles. The van der Waals surface area contributed by atoms with Crippen LogP contribution in [0.5, 0.6) is 0 Å². The van der Waals surface area contributed by atoms with Crippen molar-refractivity contribution >= 4 is 11.4 Å². The number of unbranched alkanes of at least 4 members (excludes halogenated alkanes) is 12. The third-order valence-electron chi connectivity index (χ3n) is 13.0. The quantitative estimate of drug-likeness (QED) is 0.0626. The zero-order chi connectivity index (χ0) is 38.2. The number of benzene rings is 4. The molecule has 1 fully saturated rings. The van der Waals surface area contributed by atoms with E-state index in [9.17, 15) is 0 Å². The summed E-state index contributed by atoms with van der Waals surface area (Å²) in [5.41, 5.74) is 25.6. The first kappa shape index (κ1) is 41.6. The zero-order valence-electron chi connectivity index (χ0n) is 34.7. The molecule has 0 saturated heterocycles. The second-order valence-corrected chi connectivity index (χ2v) is 17.0. The van der Waals surface area contributed by atoms with E-state index in [2.05, 4.69) is 113 Å². The molecule has 2 nitrogen and oxygen atoms in total. The van der Waals surface area contributed by atoms with Crippen molar-refractivity contribution in [1.29, 1.82) is 0 Å². The predicted molar refractivity (Wildman–Crippen MR) is 237 cm³/mol. The fourth-order valence-electron chi connectivity index (χ4n) is 9.76. The lowest BCUT2D eigenvalue weighted by Crippen LogP contribution is -2.30. The maximum atomic E-state index is 6.23. The summed E-state index contributed by atoms with van der Waals surface area (Å²) >= 11 is 0. The SMILES string of the molecule is CCCCCCCCCC(c1ccc(C2(c3ccc(C(CCCCCCCCC)c4ccc(N)cc4C)cc3)CCCCC2)cc1)c1ccc(N)cc1C. The van der Waals surface area contributed by atoms with Crippen molar-refractivity contribution < 1.29 is 0 Å². The molecule has 2 heteroatoms. The van der Waals surface area contributed by atoms with Gasteiger partial charge in [-0.15, -0.1) is 0 Å². The second-order valence-electron chi connectivity index (χ2n) is 17.0. The number of nitrogens with two attached hydrogens (primary N) is 2. The molecule has 2 atom stereocenters. The van der Waals surface area contributed by atoms with E-state index in [1.807, 2.05) is 0 Å². The van der Waals surface area contributed by atoms with Gasteiger partial charge in [-0.25, -0.2) is 0 Å². The van der Waals surface area contributed by atoms with Crippen LogP contribution in [0.15, 0.2) is 84.9 Å². The van der Waals surface area contributed by atoms with Gasteiger partial charge in [-0.1, -0.05) is 184 Å². The summed E-state index contributed by atoms with van der Waals surface area (Å²) in [6.45, 7) is 9.09. The summed E-state index contributed by atoms with van der Waals surface area (Å²) < 4.78 is 0. The zero-order valence-corrected chi connectivity index (χ0v) is 34.7. The highest BCUT2D eigenvalue weighted by molar-refractivity contribution is 5.51. The van der Waals surface area contributed by atoms with Crippen LogP contribution in [0.4, 0.5) is 11.4 Å². The molecule has 0 aliphatic heterocycles. The lowest BCUT2D eigenvalue weighted by atomic mass is 9.65. The van der Waals surface area contributed by atoms with E-state index < -0.39 is 0 Å². The first-order chi connectivity index (χ1) is 26.4. The Labute approximate surface area is 330 Å². The van der Waals surface area contributed by atoms with Crippen molar-refractivity contribution in [3.63, 3.8) is 0 Å². The Bertz CT molecular complexity index is 1540. The van der Waals surface area contributed by atoms with Crippen molar-refractivity contribution in [2.24, 2.45) is 0 Å². The third-order valence-corrected chi connectivity index (χ3v) is 13.0. The molecule has 0 bridgehead atoms. The van der Waals surface area contributed by atoms with Crippen LogP contribution < -0.4 is 11.5 Å². The van der Waals surface area contributed by atoms with Gasteiger partial charge in [-0.3, -0.25) is 0 Å². The number of hydrogen-bond donors (Lipinski definition) is 2. The average Bonchev–Trinajstić information content (AvgIpc) is 3.18. The fraction of sp³-hybridized carbons (Fsp3) is 0.538. The van der Waals surface area contributed by atoms with Crippen LogP contribution in [0.3, 0.4) is 0 Å². The molecule has 0 radical (unpaired) electrons. The van der Waals surface area contributed by atoms with Crippen LogP contribution >= 0.6 is 0 Å². The Balaban J connectivity index is 1.38. The van der Waals surface area contributed by atoms with E-state index in [1.165, 1.54) is 179 Å². The van der Waals surface area contributed by atoms with Gasteiger partial charge in [-0.05, 0) is 108 Å². The molecule has 0 heterocycles. The van der Waals surface area contributed by atoms with E-state index in [0.29, 0.717) is 11.8 Å². The van der Waals surface area contributed by atoms with Gasteiger partial charge in [0.05, 0.1) is 0 Å². The highest BCUT2D eigenvalue weighted by atomic mass is 14.5. The number of rotatable bonds is 22. The third kappa shape index (κ3) is 11.3. The molecule has 1 aliphatic carbocycles. The molecule has 4 aromatic rings. The van der Waals surface area contributed by atoms with Crippen molar-refractivity contribution in [3.8, 4) is 0 Å². The van der Waals surface area contributed by atoms with Crippen LogP contribution in [0.1, 0.15) is 205 Å². The van der Waals surface area contributed by atoms with Crippen LogP contribution in [-0.4, -0.2) is 0 Å². The van der Waals surface area contributed by atoms with Gasteiger partial charge in [0.15, 0.2) is 0 Å². The van der Waals surface area contributed by atoms with E-state index in [0.717, 1.165) is 11.4 Å². The van der Waals surface area contributed by atoms with E-state index in [4.69, 9.17) is 11.5 Å². The molecule has 1 aliphatic rings. The minimum atomic E-state index is 0.0749. The fourth-order valence-corrected chi connectivity index (χ4v) is 9.76. The van der Waals surface area contributed by atoms with Gasteiger partial charge in [0.25, 0.3) is 0 Å². The standard InChI is InChI=1S/C52H74N2/c1-5-7-9-11-13-15-18-22-50(48-34-32-46(53)38-40(48)3)42-24-28-44(29-25-42)52(36-20-17-21-37-52)45-30-26-43(27-31-45)51(23-19-16-14-12-10-8-6-2)49-35-33-47(54)39-41(49)4/h24-35,38-39,50-51H,5-23,36-37,53-54H2,1-4H3. The Morgan fingerprint density at radius 2 is 0.833 bits per heavy atom. The summed E-state index contributed by atoms with van der Waals surface area (Å²) in [5.74, 6) is 0.809. The molecule has 54 heavy (non-hydrogen) atoms. The minimum Gasteiger partial charge on any atom is -0.399 e. The van der Waals surface area contributed by atoms with Crippen LogP contribution in [0.2, 0.25) is 0 Å². The molecule has 5 rings (SSSR count). The van der Waals surface area contributed by atoms with Crippen molar-refractivity contribution in [1.82, 2.24) is 0 Å². The van der Waals surface area contributed by atoms with Crippen molar-refractivity contribution in [3.05, 3.63) is 129 Å². The molecular weight excluding hydrogens is 653 g/mol. The number of hydrogen-bond acceptors (Lipinski definition) is 2. The second kappa shape index (κ2) is 21.5. The lowest BCUT2D eigenvalue weighted by molar-refractivity contribution is 0.346. The lowest BCUT2D eigenvalue weighted by Gasteiger charge is -2.39. The molecule has 0 aromatic heterocycles. The van der Waals surface area contributed by atoms with Crippen LogP contribution in [0, 0.1) is 13.8 Å². The molecule has 292 valence electrons. The molecule has 0 amide bonds. The van der Waals surface area contributed by atoms with Crippen LogP contribution in [-0.2, 0) is 5.41 Å². The highest BCUT2D eigenvalue weighted by Gasteiger charge is 2.36. The Kier molecular flexibility index (Phi) is 16.6. The minimum absolute atomic E-state index is 0.0749. The molecule has 4 N–H and O–H groups in total. The van der Waals surface area contributed by atoms with E-state index in [-0.39, 0.29) is 5.41 Å². The van der Waals surface area contributed by atoms with E-state index >= 15 is 0 Å². The topological polar surface area (TPSA) is 52.0 Å². The van der Waals surface area contributed by atoms with Crippen LogP contribution in [0.25, 0.3) is 0 Å². The van der Waals surface area contributed by atoms with E-state index in [1.54, 1.807) is 0 Å². The number of nitrogen functional groups attached to an aromatic ring is 2. The molecule has 4 aromatic carbocycles. The number of aryl methyl sites for hydroxylation is 2. The summed E-state index contributed by atoms with van der Waals surface area (Å²) in [6.07, 6.45) is 27.5. The van der Waals surface area contributed by atoms with Gasteiger partial charge in [0.2, 0.25) is 0 Å². The highest BCUT2D eigenvalue weighted by Crippen LogP contribution is 2.46. The summed E-state index contributed by atoms with van der Waals surface area (Å²) in [4.78, 5) is 0. The Hall–Kier alpha value is -3.52. The average molecular weight is 727 g/mol. The van der Waals surface area contributed by atoms with Crippen molar-refractivity contribution in [2.75, 3.05) is 11.5 Å². The van der Waals surface area contributed by atoms with Gasteiger partial charge < -0.3 is 11.5 Å². The van der Waals surface area contributed by atoms with Gasteiger partial charge in [0, 0.05) is 28.6 Å². The summed E-state index contributed by atoms with van der Waals surface area (Å²) in [7, 11) is 0. The predicted octanol–water partition coefficient (Wildman–Crippen LogP) is 15.3. The van der Waals surface area contributed by atoms with Gasteiger partial charge >= 0.3 is 0 Å². The maximum Gasteiger partial charge on any atom is 0.0316 e. The normalized spacial score (nSPS) is 15.3. The molecule has 0 spiro atoms. The Morgan fingerprint density at radius 1 is 0.463 bits per heavy atom. The van der Waals surface area contributed by atoms with Gasteiger partial charge in [-0.2, -0.15) is 0 Å². The summed E-state index contributed by atoms with van der Waals surface area (Å²) in [6, 6.07) is 33.0. The largest absolute Gasteiger partial charge is 0.399 e. The first-order valence-electron chi connectivity index (χ1n) is 22.3. The van der Waals surface area contributed by atoms with Crippen molar-refractivity contribution in [2.45, 2.75) is 180 Å². The first-order valence-corrected chi connectivity index (χ1v) is 22.3. The summed E-state index contributed by atoms with van der Waals surface area (Å²) in [5, 5.41) is 0. The Morgan fingerprint density at radius 3 is 1.20 bits per heavy atom. The maximum absolute atomic E-state index is 6.23. The molecular formula is C52H74N2. The molecule has 2 unspecified atom stereocenters. The monoisotopic (exact) mass is 727 g/mol. The smallest absolute Gasteiger partial charge is 0.0316 e. The number of anilines is 2.